The van der Waals surface area contributed by atoms with Gasteiger partial charge in [0, 0.05) is 18.8 Å². The van der Waals surface area contributed by atoms with Crippen molar-refractivity contribution in [3.05, 3.63) is 41.8 Å². The lowest BCUT2D eigenvalue weighted by molar-refractivity contribution is 0.310. The fourth-order valence-electron chi connectivity index (χ4n) is 1.66. The molecule has 0 aromatic carbocycles. The molecule has 0 fully saturated rings. The van der Waals surface area contributed by atoms with E-state index in [-0.39, 0.29) is 6.04 Å². The van der Waals surface area contributed by atoms with E-state index in [0.717, 1.165) is 12.0 Å². The second-order valence-electron chi connectivity index (χ2n) is 4.50. The Morgan fingerprint density at radius 1 is 1.44 bits per heavy atom. The molecular formula is C13H18N4O. The Morgan fingerprint density at radius 2 is 2.28 bits per heavy atom. The van der Waals surface area contributed by atoms with Crippen LogP contribution in [0.5, 0.6) is 0 Å². The molecule has 0 saturated carbocycles. The van der Waals surface area contributed by atoms with Crippen LogP contribution in [0.3, 0.4) is 0 Å². The Labute approximate surface area is 106 Å². The molecule has 2 heterocycles. The Hall–Kier alpha value is -1.75. The van der Waals surface area contributed by atoms with E-state index in [1.54, 1.807) is 12.4 Å². The van der Waals surface area contributed by atoms with E-state index in [0.29, 0.717) is 24.1 Å². The number of aromatic nitrogens is 3. The Morgan fingerprint density at radius 3 is 2.94 bits per heavy atom. The third-order valence-electron chi connectivity index (χ3n) is 3.11. The van der Waals surface area contributed by atoms with Gasteiger partial charge in [0.2, 0.25) is 5.89 Å². The van der Waals surface area contributed by atoms with Crippen molar-refractivity contribution in [2.24, 2.45) is 11.7 Å². The van der Waals surface area contributed by atoms with Crippen molar-refractivity contribution < 1.29 is 4.52 Å². The molecule has 0 aliphatic rings. The molecule has 2 N–H and O–H groups in total. The van der Waals surface area contributed by atoms with Gasteiger partial charge in [-0.1, -0.05) is 31.5 Å². The maximum absolute atomic E-state index is 6.05. The van der Waals surface area contributed by atoms with E-state index in [2.05, 4.69) is 29.0 Å². The molecular weight excluding hydrogens is 228 g/mol. The summed E-state index contributed by atoms with van der Waals surface area (Å²) in [7, 11) is 0. The predicted octanol–water partition coefficient (Wildman–Crippen LogP) is 2.10. The summed E-state index contributed by atoms with van der Waals surface area (Å²) < 4.78 is 5.22. The molecule has 0 aliphatic carbocycles. The molecule has 2 rings (SSSR count). The van der Waals surface area contributed by atoms with Gasteiger partial charge in [0.05, 0.1) is 6.04 Å². The second kappa shape index (κ2) is 5.73. The highest BCUT2D eigenvalue weighted by molar-refractivity contribution is 5.13. The van der Waals surface area contributed by atoms with Crippen LogP contribution in [0.2, 0.25) is 0 Å². The fraction of sp³-hybridized carbons (Fsp3) is 0.462. The molecule has 0 amide bonds. The van der Waals surface area contributed by atoms with Crippen molar-refractivity contribution in [1.82, 2.24) is 15.1 Å². The molecule has 96 valence electrons. The molecule has 5 heteroatoms. The minimum Gasteiger partial charge on any atom is -0.338 e. The summed E-state index contributed by atoms with van der Waals surface area (Å²) in [6.45, 7) is 4.17. The van der Waals surface area contributed by atoms with E-state index in [9.17, 15) is 0 Å². The van der Waals surface area contributed by atoms with Crippen molar-refractivity contribution in [2.45, 2.75) is 32.7 Å². The van der Waals surface area contributed by atoms with Crippen LogP contribution in [-0.2, 0) is 6.42 Å². The predicted molar refractivity (Wildman–Crippen MR) is 67.7 cm³/mol. The van der Waals surface area contributed by atoms with Crippen LogP contribution in [0.4, 0.5) is 0 Å². The van der Waals surface area contributed by atoms with Crippen LogP contribution in [0, 0.1) is 5.92 Å². The summed E-state index contributed by atoms with van der Waals surface area (Å²) in [5.41, 5.74) is 7.10. The average Bonchev–Trinajstić information content (AvgIpc) is 2.86. The highest BCUT2D eigenvalue weighted by atomic mass is 16.5. The van der Waals surface area contributed by atoms with Gasteiger partial charge in [-0.05, 0) is 17.5 Å². The topological polar surface area (TPSA) is 77.8 Å². The third kappa shape index (κ3) is 2.92. The molecule has 2 aromatic heterocycles. The summed E-state index contributed by atoms with van der Waals surface area (Å²) in [5.74, 6) is 1.50. The van der Waals surface area contributed by atoms with Gasteiger partial charge in [0.1, 0.15) is 0 Å². The summed E-state index contributed by atoms with van der Waals surface area (Å²) in [4.78, 5) is 8.40. The third-order valence-corrected chi connectivity index (χ3v) is 3.11. The number of hydrogen-bond donors (Lipinski definition) is 1. The van der Waals surface area contributed by atoms with Crippen molar-refractivity contribution in [3.63, 3.8) is 0 Å². The zero-order valence-corrected chi connectivity index (χ0v) is 10.7. The van der Waals surface area contributed by atoms with E-state index < -0.39 is 0 Å². The van der Waals surface area contributed by atoms with E-state index in [4.69, 9.17) is 10.3 Å². The Kier molecular flexibility index (Phi) is 4.04. The normalized spacial score (nSPS) is 14.4. The molecule has 0 bridgehead atoms. The number of nitrogens with zero attached hydrogens (tertiary/aromatic N) is 3. The van der Waals surface area contributed by atoms with E-state index in [1.807, 2.05) is 12.1 Å². The van der Waals surface area contributed by atoms with Crippen molar-refractivity contribution >= 4 is 0 Å². The summed E-state index contributed by atoms with van der Waals surface area (Å²) in [6.07, 6.45) is 5.14. The van der Waals surface area contributed by atoms with Crippen LogP contribution in [-0.4, -0.2) is 15.1 Å². The first-order valence-corrected chi connectivity index (χ1v) is 6.17. The number of nitrogens with two attached hydrogens (primary N) is 1. The monoisotopic (exact) mass is 246 g/mol. The van der Waals surface area contributed by atoms with Crippen LogP contribution in [0.25, 0.3) is 0 Å². The molecule has 2 aromatic rings. The first kappa shape index (κ1) is 12.7. The average molecular weight is 246 g/mol. The quantitative estimate of drug-likeness (QED) is 0.874. The SMILES string of the molecule is CCC(C)[C@H](N)c1nc(Cc2cccnc2)no1. The highest BCUT2D eigenvalue weighted by Gasteiger charge is 2.19. The first-order valence-electron chi connectivity index (χ1n) is 6.17. The van der Waals surface area contributed by atoms with Gasteiger partial charge >= 0.3 is 0 Å². The molecule has 5 nitrogen and oxygen atoms in total. The zero-order chi connectivity index (χ0) is 13.0. The van der Waals surface area contributed by atoms with Gasteiger partial charge in [-0.2, -0.15) is 4.98 Å². The summed E-state index contributed by atoms with van der Waals surface area (Å²) >= 11 is 0. The maximum atomic E-state index is 6.05. The smallest absolute Gasteiger partial charge is 0.243 e. The maximum Gasteiger partial charge on any atom is 0.243 e. The van der Waals surface area contributed by atoms with Crippen molar-refractivity contribution in [3.8, 4) is 0 Å². The van der Waals surface area contributed by atoms with Gasteiger partial charge in [-0.25, -0.2) is 0 Å². The highest BCUT2D eigenvalue weighted by Crippen LogP contribution is 2.20. The zero-order valence-electron chi connectivity index (χ0n) is 10.7. The minimum atomic E-state index is -0.190. The van der Waals surface area contributed by atoms with Crippen LogP contribution in [0.15, 0.2) is 29.0 Å². The number of rotatable bonds is 5. The van der Waals surface area contributed by atoms with Crippen LogP contribution < -0.4 is 5.73 Å². The molecule has 0 aliphatic heterocycles. The Balaban J connectivity index is 2.07. The summed E-state index contributed by atoms with van der Waals surface area (Å²) in [6, 6.07) is 3.68. The lowest BCUT2D eigenvalue weighted by Crippen LogP contribution is -2.18. The van der Waals surface area contributed by atoms with Gasteiger partial charge in [-0.3, -0.25) is 4.98 Å². The molecule has 0 saturated heterocycles. The molecule has 0 radical (unpaired) electrons. The lowest BCUT2D eigenvalue weighted by Gasteiger charge is -2.12. The van der Waals surface area contributed by atoms with E-state index in [1.165, 1.54) is 0 Å². The molecule has 18 heavy (non-hydrogen) atoms. The molecule has 0 spiro atoms. The lowest BCUT2D eigenvalue weighted by atomic mass is 10.0. The van der Waals surface area contributed by atoms with Gasteiger partial charge < -0.3 is 10.3 Å². The molecule has 2 atom stereocenters. The van der Waals surface area contributed by atoms with E-state index >= 15 is 0 Å². The van der Waals surface area contributed by atoms with Gasteiger partial charge in [-0.15, -0.1) is 0 Å². The molecule has 1 unspecified atom stereocenters. The fourth-order valence-corrected chi connectivity index (χ4v) is 1.66. The standard InChI is InChI=1S/C13H18N4O/c1-3-9(2)12(14)13-16-11(17-18-13)7-10-5-4-6-15-8-10/h4-6,8-9,12H,3,7,14H2,1-2H3/t9?,12-/m0/s1. The van der Waals surface area contributed by atoms with Crippen LogP contribution >= 0.6 is 0 Å². The van der Waals surface area contributed by atoms with Gasteiger partial charge in [0.15, 0.2) is 5.82 Å². The largest absolute Gasteiger partial charge is 0.338 e. The van der Waals surface area contributed by atoms with Crippen molar-refractivity contribution in [2.75, 3.05) is 0 Å². The minimum absolute atomic E-state index is 0.190. The summed E-state index contributed by atoms with van der Waals surface area (Å²) in [5, 5.41) is 3.96. The van der Waals surface area contributed by atoms with Gasteiger partial charge in [0.25, 0.3) is 0 Å². The number of pyridine rings is 1. The Bertz CT molecular complexity index is 483. The number of hydrogen-bond acceptors (Lipinski definition) is 5. The van der Waals surface area contributed by atoms with Crippen LogP contribution in [0.1, 0.15) is 43.6 Å². The second-order valence-corrected chi connectivity index (χ2v) is 4.50. The first-order chi connectivity index (χ1) is 8.70. The van der Waals surface area contributed by atoms with Crippen molar-refractivity contribution in [1.29, 1.82) is 0 Å².